The lowest BCUT2D eigenvalue weighted by Crippen LogP contribution is -2.23. The molecule has 1 N–H and O–H groups in total. The van der Waals surface area contributed by atoms with Gasteiger partial charge in [-0.05, 0) is 25.8 Å². The van der Waals surface area contributed by atoms with Crippen LogP contribution in [0.2, 0.25) is 0 Å². The van der Waals surface area contributed by atoms with Crippen molar-refractivity contribution >= 4 is 22.7 Å². The van der Waals surface area contributed by atoms with Gasteiger partial charge in [-0.25, -0.2) is 0 Å². The van der Waals surface area contributed by atoms with Gasteiger partial charge in [-0.2, -0.15) is 0 Å². The van der Waals surface area contributed by atoms with Crippen molar-refractivity contribution in [2.45, 2.75) is 44.5 Å². The largest absolute Gasteiger partial charge is 0.455 e. The number of hydrogen-bond donors (Lipinski definition) is 1. The van der Waals surface area contributed by atoms with Crippen LogP contribution in [-0.2, 0) is 13.0 Å². The summed E-state index contributed by atoms with van der Waals surface area (Å²) in [6, 6.07) is 10.1. The van der Waals surface area contributed by atoms with Gasteiger partial charge in [0, 0.05) is 29.3 Å². The van der Waals surface area contributed by atoms with E-state index in [-0.39, 0.29) is 11.9 Å². The molecule has 1 aliphatic heterocycles. The molecule has 4 rings (SSSR count). The summed E-state index contributed by atoms with van der Waals surface area (Å²) in [5.74, 6) is 1.24. The minimum atomic E-state index is -0.145. The smallest absolute Gasteiger partial charge is 0.287 e. The number of nitrogens with zero attached hydrogens (tertiary/aromatic N) is 1. The van der Waals surface area contributed by atoms with Crippen LogP contribution in [-0.4, -0.2) is 16.2 Å². The number of furan rings is 1. The number of amides is 1. The molecule has 1 aliphatic carbocycles. The number of hydrogen-bond acceptors (Lipinski definition) is 4. The van der Waals surface area contributed by atoms with Gasteiger partial charge < -0.3 is 9.73 Å². The van der Waals surface area contributed by atoms with Crippen molar-refractivity contribution in [3.63, 3.8) is 0 Å². The molecule has 24 heavy (non-hydrogen) atoms. The summed E-state index contributed by atoms with van der Waals surface area (Å²) in [5, 5.41) is 4.59. The van der Waals surface area contributed by atoms with Gasteiger partial charge in [-0.3, -0.25) is 9.79 Å². The van der Waals surface area contributed by atoms with E-state index in [0.717, 1.165) is 40.3 Å². The first-order valence-electron chi connectivity index (χ1n) is 8.29. The second-order valence-corrected chi connectivity index (χ2v) is 7.78. The molecule has 0 saturated heterocycles. The predicted octanol–water partition coefficient (Wildman–Crippen LogP) is 4.04. The van der Waals surface area contributed by atoms with Gasteiger partial charge in [0.2, 0.25) is 0 Å². The molecule has 0 radical (unpaired) electrons. The van der Waals surface area contributed by atoms with Crippen LogP contribution in [0.5, 0.6) is 0 Å². The maximum atomic E-state index is 12.6. The summed E-state index contributed by atoms with van der Waals surface area (Å²) < 4.78 is 5.94. The van der Waals surface area contributed by atoms with E-state index >= 15 is 0 Å². The van der Waals surface area contributed by atoms with E-state index in [1.54, 1.807) is 0 Å². The third-order valence-corrected chi connectivity index (χ3v) is 5.96. The molecule has 124 valence electrons. The first kappa shape index (κ1) is 15.5. The average Bonchev–Trinajstić information content (AvgIpc) is 3.13. The number of fused-ring (bicyclic) bond motifs is 3. The number of carbonyl (C=O) groups excluding carboxylic acids is 1. The molecule has 1 aromatic heterocycles. The van der Waals surface area contributed by atoms with Crippen molar-refractivity contribution in [2.75, 3.05) is 0 Å². The zero-order valence-corrected chi connectivity index (χ0v) is 14.7. The molecule has 1 aromatic carbocycles. The van der Waals surface area contributed by atoms with Gasteiger partial charge in [0.25, 0.3) is 5.91 Å². The van der Waals surface area contributed by atoms with Gasteiger partial charge >= 0.3 is 0 Å². The quantitative estimate of drug-likeness (QED) is 0.917. The Balaban J connectivity index is 1.57. The fourth-order valence-corrected chi connectivity index (χ4v) is 4.74. The van der Waals surface area contributed by atoms with Crippen LogP contribution in [0, 0.1) is 6.92 Å². The summed E-state index contributed by atoms with van der Waals surface area (Å²) >= 11 is 1.85. The zero-order chi connectivity index (χ0) is 16.7. The van der Waals surface area contributed by atoms with Gasteiger partial charge in [-0.1, -0.05) is 30.3 Å². The SMILES string of the molecule is CC1=N[C@@H]2c3c(oc(C(=O)NCc4ccccc4)c3C)CC[C@@H]2S1. The molecular formula is C19H20N2O2S. The van der Waals surface area contributed by atoms with Crippen molar-refractivity contribution < 1.29 is 9.21 Å². The monoisotopic (exact) mass is 340 g/mol. The van der Waals surface area contributed by atoms with Crippen LogP contribution >= 0.6 is 11.8 Å². The molecule has 2 heterocycles. The Hall–Kier alpha value is -2.01. The van der Waals surface area contributed by atoms with E-state index in [1.807, 2.05) is 49.0 Å². The van der Waals surface area contributed by atoms with Crippen LogP contribution < -0.4 is 5.32 Å². The van der Waals surface area contributed by atoms with Crippen LogP contribution in [0.15, 0.2) is 39.7 Å². The third-order valence-electron chi connectivity index (χ3n) is 4.72. The molecule has 0 spiro atoms. The van der Waals surface area contributed by atoms with Crippen LogP contribution in [0.3, 0.4) is 0 Å². The lowest BCUT2D eigenvalue weighted by atomic mass is 9.90. The highest BCUT2D eigenvalue weighted by Gasteiger charge is 2.39. The topological polar surface area (TPSA) is 54.6 Å². The first-order chi connectivity index (χ1) is 11.6. The standard InChI is InChI=1S/C19H20N2O2S/c1-11-16-14(8-9-15-17(16)21-12(2)24-15)23-18(11)19(22)20-10-13-6-4-3-5-7-13/h3-7,15,17H,8-10H2,1-2H3,(H,20,22)/t15-,17-/m0/s1. The number of rotatable bonds is 3. The van der Waals surface area contributed by atoms with Crippen LogP contribution in [0.1, 0.15) is 52.4 Å². The molecule has 2 aromatic rings. The summed E-state index contributed by atoms with van der Waals surface area (Å²) in [6.07, 6.45) is 1.94. The Kier molecular flexibility index (Phi) is 3.96. The zero-order valence-electron chi connectivity index (χ0n) is 13.8. The van der Waals surface area contributed by atoms with Crippen molar-refractivity contribution in [1.82, 2.24) is 5.32 Å². The van der Waals surface area contributed by atoms with E-state index in [9.17, 15) is 4.79 Å². The molecule has 2 aliphatic rings. The van der Waals surface area contributed by atoms with E-state index in [1.165, 1.54) is 0 Å². The van der Waals surface area contributed by atoms with E-state index < -0.39 is 0 Å². The lowest BCUT2D eigenvalue weighted by Gasteiger charge is -2.22. The Morgan fingerprint density at radius 2 is 2.12 bits per heavy atom. The van der Waals surface area contributed by atoms with E-state index in [4.69, 9.17) is 9.41 Å². The predicted molar refractivity (Wildman–Crippen MR) is 96.6 cm³/mol. The first-order valence-corrected chi connectivity index (χ1v) is 9.17. The summed E-state index contributed by atoms with van der Waals surface area (Å²) in [7, 11) is 0. The minimum absolute atomic E-state index is 0.145. The minimum Gasteiger partial charge on any atom is -0.455 e. The van der Waals surface area contributed by atoms with Crippen LogP contribution in [0.25, 0.3) is 0 Å². The normalized spacial score (nSPS) is 21.8. The number of aliphatic imine (C=N–C) groups is 1. The second kappa shape index (κ2) is 6.13. The van der Waals surface area contributed by atoms with Gasteiger partial charge in [0.1, 0.15) is 5.76 Å². The number of nitrogens with one attached hydrogen (secondary N) is 1. The number of thioether (sulfide) groups is 1. The number of aryl methyl sites for hydroxylation is 1. The van der Waals surface area contributed by atoms with Gasteiger partial charge in [-0.15, -0.1) is 11.8 Å². The highest BCUT2D eigenvalue weighted by atomic mass is 32.2. The molecule has 0 bridgehead atoms. The lowest BCUT2D eigenvalue weighted by molar-refractivity contribution is 0.0920. The van der Waals surface area contributed by atoms with Gasteiger partial charge in [0.05, 0.1) is 11.1 Å². The van der Waals surface area contributed by atoms with Crippen molar-refractivity contribution in [1.29, 1.82) is 0 Å². The second-order valence-electron chi connectivity index (χ2n) is 6.35. The Bertz CT molecular complexity index is 810. The van der Waals surface area contributed by atoms with Gasteiger partial charge in [0.15, 0.2) is 5.76 Å². The third kappa shape index (κ3) is 2.67. The Morgan fingerprint density at radius 3 is 2.92 bits per heavy atom. The maximum absolute atomic E-state index is 12.6. The van der Waals surface area contributed by atoms with E-state index in [0.29, 0.717) is 17.6 Å². The fourth-order valence-electron chi connectivity index (χ4n) is 3.57. The highest BCUT2D eigenvalue weighted by molar-refractivity contribution is 8.14. The molecular weight excluding hydrogens is 320 g/mol. The molecule has 5 heteroatoms. The Morgan fingerprint density at radius 1 is 1.33 bits per heavy atom. The number of benzene rings is 1. The van der Waals surface area contributed by atoms with Crippen molar-refractivity contribution in [3.05, 3.63) is 58.5 Å². The summed E-state index contributed by atoms with van der Waals surface area (Å²) in [5.41, 5.74) is 3.16. The number of carbonyl (C=O) groups is 1. The van der Waals surface area contributed by atoms with Crippen molar-refractivity contribution in [3.8, 4) is 0 Å². The molecule has 2 atom stereocenters. The molecule has 4 nitrogen and oxygen atoms in total. The summed E-state index contributed by atoms with van der Waals surface area (Å²) in [6.45, 7) is 4.55. The Labute approximate surface area is 145 Å². The maximum Gasteiger partial charge on any atom is 0.287 e. The summed E-state index contributed by atoms with van der Waals surface area (Å²) in [4.78, 5) is 17.3. The van der Waals surface area contributed by atoms with Crippen LogP contribution in [0.4, 0.5) is 0 Å². The molecule has 0 saturated carbocycles. The molecule has 1 amide bonds. The fraction of sp³-hybridized carbons (Fsp3) is 0.368. The van der Waals surface area contributed by atoms with E-state index in [2.05, 4.69) is 12.2 Å². The van der Waals surface area contributed by atoms with Crippen molar-refractivity contribution in [2.24, 2.45) is 4.99 Å². The molecule has 0 unspecified atom stereocenters. The molecule has 0 fully saturated rings. The average molecular weight is 340 g/mol. The highest BCUT2D eigenvalue weighted by Crippen LogP contribution is 2.47.